The number of fused-ring (bicyclic) bond motifs is 1. The first-order chi connectivity index (χ1) is 15.6. The molecule has 0 spiro atoms. The van der Waals surface area contributed by atoms with Crippen molar-refractivity contribution in [3.05, 3.63) is 58.6 Å². The van der Waals surface area contributed by atoms with Gasteiger partial charge in [0.25, 0.3) is 0 Å². The zero-order valence-corrected chi connectivity index (χ0v) is 18.5. The van der Waals surface area contributed by atoms with E-state index >= 15 is 0 Å². The maximum absolute atomic E-state index is 13.5. The number of methoxy groups -OCH3 is 2. The fraction of sp³-hybridized carbons (Fsp3) is 0.458. The van der Waals surface area contributed by atoms with E-state index < -0.39 is 5.41 Å². The average Bonchev–Trinajstić information content (AvgIpc) is 3.41. The van der Waals surface area contributed by atoms with Crippen LogP contribution in [0.5, 0.6) is 5.75 Å². The molecule has 8 heteroatoms. The molecule has 1 amide bonds. The fourth-order valence-corrected chi connectivity index (χ4v) is 4.94. The Kier molecular flexibility index (Phi) is 5.25. The second kappa shape index (κ2) is 8.09. The van der Waals surface area contributed by atoms with Crippen molar-refractivity contribution in [3.63, 3.8) is 0 Å². The van der Waals surface area contributed by atoms with E-state index in [-0.39, 0.29) is 17.6 Å². The molecule has 2 aliphatic rings. The Balaban J connectivity index is 1.40. The van der Waals surface area contributed by atoms with Crippen LogP contribution in [0.15, 0.2) is 47.4 Å². The quantitative estimate of drug-likeness (QED) is 0.568. The van der Waals surface area contributed by atoms with Crippen molar-refractivity contribution < 1.29 is 14.3 Å². The Hall–Kier alpha value is -3.13. The van der Waals surface area contributed by atoms with Crippen molar-refractivity contribution in [2.24, 2.45) is 0 Å². The van der Waals surface area contributed by atoms with Crippen molar-refractivity contribution in [2.75, 3.05) is 33.9 Å². The van der Waals surface area contributed by atoms with Gasteiger partial charge in [-0.15, -0.1) is 0 Å². The van der Waals surface area contributed by atoms with Crippen molar-refractivity contribution in [1.82, 2.24) is 19.0 Å². The zero-order chi connectivity index (χ0) is 22.3. The number of ether oxygens (including phenoxy) is 2. The highest BCUT2D eigenvalue weighted by Crippen LogP contribution is 2.50. The highest BCUT2D eigenvalue weighted by Gasteiger charge is 2.53. The number of likely N-dealkylation sites (tertiary alicyclic amines) is 1. The SMILES string of the molecule is COCCn1c(=O)n(C2CCN(C(=O)C3(c4ccc(OC)cc4)CC3)C2)c2ncccc21. The van der Waals surface area contributed by atoms with E-state index in [0.29, 0.717) is 31.9 Å². The van der Waals surface area contributed by atoms with Crippen LogP contribution >= 0.6 is 0 Å². The number of hydrogen-bond acceptors (Lipinski definition) is 5. The summed E-state index contributed by atoms with van der Waals surface area (Å²) in [4.78, 5) is 33.2. The lowest BCUT2D eigenvalue weighted by atomic mass is 9.94. The van der Waals surface area contributed by atoms with Gasteiger partial charge in [0.05, 0.1) is 37.2 Å². The van der Waals surface area contributed by atoms with Crippen molar-refractivity contribution in [2.45, 2.75) is 37.3 Å². The van der Waals surface area contributed by atoms with E-state index in [9.17, 15) is 9.59 Å². The minimum absolute atomic E-state index is 0.0840. The first kappa shape index (κ1) is 20.8. The number of carbonyl (C=O) groups excluding carboxylic acids is 1. The van der Waals surface area contributed by atoms with Gasteiger partial charge in [0, 0.05) is 26.4 Å². The molecule has 168 valence electrons. The third kappa shape index (κ3) is 3.30. The molecule has 8 nitrogen and oxygen atoms in total. The number of hydrogen-bond donors (Lipinski definition) is 0. The topological polar surface area (TPSA) is 78.6 Å². The first-order valence-corrected chi connectivity index (χ1v) is 11.1. The molecular weight excluding hydrogens is 408 g/mol. The molecule has 1 aliphatic heterocycles. The second-order valence-electron chi connectivity index (χ2n) is 8.65. The van der Waals surface area contributed by atoms with Crippen LogP contribution in [0.1, 0.15) is 30.9 Å². The molecule has 1 aliphatic carbocycles. The minimum atomic E-state index is -0.434. The van der Waals surface area contributed by atoms with Crippen LogP contribution in [0.2, 0.25) is 0 Å². The molecule has 2 aromatic heterocycles. The van der Waals surface area contributed by atoms with Gasteiger partial charge < -0.3 is 14.4 Å². The van der Waals surface area contributed by atoms with Crippen molar-refractivity contribution >= 4 is 17.1 Å². The van der Waals surface area contributed by atoms with E-state index in [1.165, 1.54) is 0 Å². The summed E-state index contributed by atoms with van der Waals surface area (Å²) in [5.41, 5.74) is 1.99. The summed E-state index contributed by atoms with van der Waals surface area (Å²) >= 11 is 0. The number of imidazole rings is 1. The summed E-state index contributed by atoms with van der Waals surface area (Å²) in [6.07, 6.45) is 4.16. The summed E-state index contributed by atoms with van der Waals surface area (Å²) in [6.45, 7) is 2.09. The molecule has 1 atom stereocenters. The molecule has 0 N–H and O–H groups in total. The first-order valence-electron chi connectivity index (χ1n) is 11.1. The predicted octanol–water partition coefficient (Wildman–Crippen LogP) is 2.36. The van der Waals surface area contributed by atoms with E-state index in [2.05, 4.69) is 4.98 Å². The fourth-order valence-electron chi connectivity index (χ4n) is 4.94. The van der Waals surface area contributed by atoms with Gasteiger partial charge in [-0.2, -0.15) is 0 Å². The molecule has 1 saturated carbocycles. The van der Waals surface area contributed by atoms with Crippen molar-refractivity contribution in [3.8, 4) is 5.75 Å². The number of amides is 1. The molecule has 1 saturated heterocycles. The molecule has 32 heavy (non-hydrogen) atoms. The van der Waals surface area contributed by atoms with Crippen LogP contribution in [0, 0.1) is 0 Å². The van der Waals surface area contributed by atoms with Crippen LogP contribution in [0.4, 0.5) is 0 Å². The van der Waals surface area contributed by atoms with Gasteiger partial charge in [0.2, 0.25) is 5.91 Å². The van der Waals surface area contributed by atoms with Gasteiger partial charge >= 0.3 is 5.69 Å². The summed E-state index contributed by atoms with van der Waals surface area (Å²) in [7, 11) is 3.26. The number of rotatable bonds is 7. The molecule has 5 rings (SSSR count). The molecule has 0 radical (unpaired) electrons. The number of nitrogens with zero attached hydrogens (tertiary/aromatic N) is 4. The Morgan fingerprint density at radius 3 is 2.66 bits per heavy atom. The maximum Gasteiger partial charge on any atom is 0.330 e. The third-order valence-electron chi connectivity index (χ3n) is 6.86. The van der Waals surface area contributed by atoms with Crippen molar-refractivity contribution in [1.29, 1.82) is 0 Å². The van der Waals surface area contributed by atoms with Crippen LogP contribution in [-0.4, -0.2) is 58.8 Å². The Morgan fingerprint density at radius 2 is 1.97 bits per heavy atom. The Morgan fingerprint density at radius 1 is 1.19 bits per heavy atom. The van der Waals surface area contributed by atoms with Gasteiger partial charge in [-0.05, 0) is 49.1 Å². The second-order valence-corrected chi connectivity index (χ2v) is 8.65. The van der Waals surface area contributed by atoms with E-state index in [0.717, 1.165) is 36.1 Å². The van der Waals surface area contributed by atoms with Gasteiger partial charge in [0.1, 0.15) is 5.75 Å². The standard InChI is InChI=1S/C24H28N4O4/c1-31-15-14-27-20-4-3-12-25-21(20)28(23(27)30)18-9-13-26(16-18)22(29)24(10-11-24)17-5-7-19(32-2)8-6-17/h3-8,12,18H,9-11,13-16H2,1-2H3. The number of carbonyl (C=O) groups is 1. The van der Waals surface area contributed by atoms with Gasteiger partial charge in [-0.25, -0.2) is 9.78 Å². The normalized spacial score (nSPS) is 19.4. The maximum atomic E-state index is 13.5. The zero-order valence-electron chi connectivity index (χ0n) is 18.5. The smallest absolute Gasteiger partial charge is 0.330 e. The lowest BCUT2D eigenvalue weighted by molar-refractivity contribution is -0.133. The molecule has 3 heterocycles. The number of benzene rings is 1. The van der Waals surface area contributed by atoms with Crippen LogP contribution in [0.25, 0.3) is 11.2 Å². The summed E-state index contributed by atoms with van der Waals surface area (Å²) in [5.74, 6) is 0.948. The summed E-state index contributed by atoms with van der Waals surface area (Å²) in [5, 5.41) is 0. The molecular formula is C24H28N4O4. The van der Waals surface area contributed by atoms with E-state index in [1.807, 2.05) is 41.3 Å². The number of aromatic nitrogens is 3. The number of pyridine rings is 1. The summed E-state index contributed by atoms with van der Waals surface area (Å²) in [6, 6.07) is 11.5. The highest BCUT2D eigenvalue weighted by molar-refractivity contribution is 5.91. The monoisotopic (exact) mass is 436 g/mol. The largest absolute Gasteiger partial charge is 0.497 e. The van der Waals surface area contributed by atoms with Gasteiger partial charge in [-0.3, -0.25) is 13.9 Å². The Bertz CT molecular complexity index is 1190. The van der Waals surface area contributed by atoms with Crippen LogP contribution < -0.4 is 10.4 Å². The lowest BCUT2D eigenvalue weighted by Gasteiger charge is -2.24. The lowest BCUT2D eigenvalue weighted by Crippen LogP contribution is -2.38. The minimum Gasteiger partial charge on any atom is -0.497 e. The highest BCUT2D eigenvalue weighted by atomic mass is 16.5. The molecule has 2 fully saturated rings. The predicted molar refractivity (Wildman–Crippen MR) is 120 cm³/mol. The van der Waals surface area contributed by atoms with E-state index in [1.54, 1.807) is 29.6 Å². The van der Waals surface area contributed by atoms with E-state index in [4.69, 9.17) is 9.47 Å². The van der Waals surface area contributed by atoms with Crippen LogP contribution in [0.3, 0.4) is 0 Å². The average molecular weight is 437 g/mol. The molecule has 1 unspecified atom stereocenters. The molecule has 1 aromatic carbocycles. The Labute approximate surface area is 186 Å². The molecule has 3 aromatic rings. The van der Waals surface area contributed by atoms with Gasteiger partial charge in [0.15, 0.2) is 5.65 Å². The van der Waals surface area contributed by atoms with Gasteiger partial charge in [-0.1, -0.05) is 12.1 Å². The third-order valence-corrected chi connectivity index (χ3v) is 6.86. The molecule has 0 bridgehead atoms. The van der Waals surface area contributed by atoms with Crippen LogP contribution in [-0.2, 0) is 21.5 Å². The summed E-state index contributed by atoms with van der Waals surface area (Å²) < 4.78 is 13.9.